The van der Waals surface area contributed by atoms with Crippen LogP contribution in [-0.4, -0.2) is 6.26 Å². The molecule has 2 aromatic carbocycles. The minimum absolute atomic E-state index is 0.552. The first-order chi connectivity index (χ1) is 9.72. The van der Waals surface area contributed by atoms with Gasteiger partial charge < -0.3 is 16.2 Å². The van der Waals surface area contributed by atoms with Gasteiger partial charge in [-0.05, 0) is 53.8 Å². The van der Waals surface area contributed by atoms with E-state index in [4.69, 9.17) is 16.2 Å². The lowest BCUT2D eigenvalue weighted by Crippen LogP contribution is -2.00. The van der Waals surface area contributed by atoms with Crippen LogP contribution >= 0.6 is 11.8 Å². The van der Waals surface area contributed by atoms with Gasteiger partial charge in [0.05, 0.1) is 5.70 Å². The quantitative estimate of drug-likeness (QED) is 0.829. The maximum Gasteiger partial charge on any atom is 0.119 e. The summed E-state index contributed by atoms with van der Waals surface area (Å²) < 4.78 is 5.74. The molecule has 2 aromatic rings. The van der Waals surface area contributed by atoms with Crippen LogP contribution in [0.2, 0.25) is 0 Å². The zero-order valence-electron chi connectivity index (χ0n) is 11.4. The zero-order valence-corrected chi connectivity index (χ0v) is 12.2. The topological polar surface area (TPSA) is 61.3 Å². The van der Waals surface area contributed by atoms with Gasteiger partial charge in [0, 0.05) is 11.1 Å². The lowest BCUT2D eigenvalue weighted by molar-refractivity contribution is 0.306. The minimum Gasteiger partial charge on any atom is -0.489 e. The van der Waals surface area contributed by atoms with Crippen molar-refractivity contribution in [3.05, 3.63) is 65.9 Å². The lowest BCUT2D eigenvalue weighted by Gasteiger charge is -2.08. The van der Waals surface area contributed by atoms with Gasteiger partial charge in [0.1, 0.15) is 12.4 Å². The highest BCUT2D eigenvalue weighted by Crippen LogP contribution is 2.18. The molecule has 0 atom stereocenters. The largest absolute Gasteiger partial charge is 0.489 e. The van der Waals surface area contributed by atoms with Crippen LogP contribution in [0.25, 0.3) is 5.70 Å². The Morgan fingerprint density at radius 1 is 1.10 bits per heavy atom. The summed E-state index contributed by atoms with van der Waals surface area (Å²) in [5, 5.41) is 0. The highest BCUT2D eigenvalue weighted by molar-refractivity contribution is 7.98. The van der Waals surface area contributed by atoms with E-state index in [1.54, 1.807) is 11.8 Å². The van der Waals surface area contributed by atoms with Gasteiger partial charge in [0.15, 0.2) is 0 Å². The predicted molar refractivity (Wildman–Crippen MR) is 85.3 cm³/mol. The molecule has 0 saturated heterocycles. The Morgan fingerprint density at radius 3 is 2.30 bits per heavy atom. The summed E-state index contributed by atoms with van der Waals surface area (Å²) in [6.07, 6.45) is 3.46. The fraction of sp³-hybridized carbons (Fsp3) is 0.125. The molecule has 0 unspecified atom stereocenters. The van der Waals surface area contributed by atoms with E-state index in [1.165, 1.54) is 11.1 Å². The molecule has 0 heterocycles. The summed E-state index contributed by atoms with van der Waals surface area (Å²) in [6.45, 7) is 0.552. The third-order valence-electron chi connectivity index (χ3n) is 2.93. The standard InChI is InChI=1S/C16H18N2OS/c1-20-15-8-2-12(3-9-15)11-19-14-6-4-13(5-7-14)16(18)10-17/h2-10H,11,17-18H2,1H3/b16-10-. The first-order valence-corrected chi connectivity index (χ1v) is 7.49. The normalized spacial score (nSPS) is 11.3. The first-order valence-electron chi connectivity index (χ1n) is 6.26. The molecule has 2 rings (SSSR count). The molecule has 0 aliphatic carbocycles. The Labute approximate surface area is 123 Å². The monoisotopic (exact) mass is 286 g/mol. The van der Waals surface area contributed by atoms with Crippen molar-refractivity contribution < 1.29 is 4.74 Å². The average molecular weight is 286 g/mol. The number of benzene rings is 2. The van der Waals surface area contributed by atoms with E-state index >= 15 is 0 Å². The minimum atomic E-state index is 0.552. The summed E-state index contributed by atoms with van der Waals surface area (Å²) in [5.74, 6) is 0.813. The molecular formula is C16H18N2OS. The van der Waals surface area contributed by atoms with Crippen molar-refractivity contribution in [3.8, 4) is 5.75 Å². The van der Waals surface area contributed by atoms with Crippen LogP contribution in [0.3, 0.4) is 0 Å². The number of rotatable bonds is 5. The molecule has 3 nitrogen and oxygen atoms in total. The van der Waals surface area contributed by atoms with Crippen LogP contribution < -0.4 is 16.2 Å². The maximum absolute atomic E-state index is 5.74. The molecule has 20 heavy (non-hydrogen) atoms. The van der Waals surface area contributed by atoms with Gasteiger partial charge in [-0.2, -0.15) is 0 Å². The molecule has 0 fully saturated rings. The molecule has 4 heteroatoms. The van der Waals surface area contributed by atoms with Crippen LogP contribution in [0.5, 0.6) is 5.75 Å². The third-order valence-corrected chi connectivity index (χ3v) is 3.68. The predicted octanol–water partition coefficient (Wildman–Crippen LogP) is 3.20. The summed E-state index contributed by atoms with van der Waals surface area (Å²) in [6, 6.07) is 15.9. The van der Waals surface area contributed by atoms with Gasteiger partial charge in [-0.15, -0.1) is 11.8 Å². The van der Waals surface area contributed by atoms with Crippen molar-refractivity contribution in [1.29, 1.82) is 0 Å². The van der Waals surface area contributed by atoms with E-state index in [1.807, 2.05) is 24.3 Å². The molecule has 0 aromatic heterocycles. The summed E-state index contributed by atoms with van der Waals surface area (Å²) >= 11 is 1.73. The molecule has 0 amide bonds. The number of nitrogens with two attached hydrogens (primary N) is 2. The molecular weight excluding hydrogens is 268 g/mol. The van der Waals surface area contributed by atoms with Crippen LogP contribution in [0.4, 0.5) is 0 Å². The van der Waals surface area contributed by atoms with Gasteiger partial charge >= 0.3 is 0 Å². The molecule has 4 N–H and O–H groups in total. The average Bonchev–Trinajstić information content (AvgIpc) is 2.53. The van der Waals surface area contributed by atoms with Crippen molar-refractivity contribution in [2.24, 2.45) is 11.5 Å². The van der Waals surface area contributed by atoms with E-state index in [0.717, 1.165) is 16.9 Å². The molecule has 104 valence electrons. The Morgan fingerprint density at radius 2 is 1.75 bits per heavy atom. The van der Waals surface area contributed by atoms with E-state index < -0.39 is 0 Å². The van der Waals surface area contributed by atoms with Crippen LogP contribution in [0.15, 0.2) is 59.6 Å². The first kappa shape index (κ1) is 14.3. The van der Waals surface area contributed by atoms with E-state index in [2.05, 4.69) is 30.5 Å². The van der Waals surface area contributed by atoms with Gasteiger partial charge in [-0.1, -0.05) is 12.1 Å². The van der Waals surface area contributed by atoms with Crippen molar-refractivity contribution in [3.63, 3.8) is 0 Å². The molecule has 0 aliphatic heterocycles. The van der Waals surface area contributed by atoms with Crippen molar-refractivity contribution in [2.45, 2.75) is 11.5 Å². The third kappa shape index (κ3) is 3.71. The number of ether oxygens (including phenoxy) is 1. The van der Waals surface area contributed by atoms with E-state index in [-0.39, 0.29) is 0 Å². The number of hydrogen-bond donors (Lipinski definition) is 2. The SMILES string of the molecule is CSc1ccc(COc2ccc(/C(N)=C/N)cc2)cc1. The van der Waals surface area contributed by atoms with Gasteiger partial charge in [-0.3, -0.25) is 0 Å². The number of hydrogen-bond acceptors (Lipinski definition) is 4. The van der Waals surface area contributed by atoms with Crippen molar-refractivity contribution >= 4 is 17.5 Å². The van der Waals surface area contributed by atoms with Gasteiger partial charge in [0.25, 0.3) is 0 Å². The summed E-state index contributed by atoms with van der Waals surface area (Å²) in [7, 11) is 0. The second kappa shape index (κ2) is 6.91. The van der Waals surface area contributed by atoms with Crippen molar-refractivity contribution in [1.82, 2.24) is 0 Å². The van der Waals surface area contributed by atoms with Crippen LogP contribution in [0.1, 0.15) is 11.1 Å². The molecule has 0 radical (unpaired) electrons. The Kier molecular flexibility index (Phi) is 4.96. The van der Waals surface area contributed by atoms with E-state index in [9.17, 15) is 0 Å². The highest BCUT2D eigenvalue weighted by Gasteiger charge is 1.99. The fourth-order valence-electron chi connectivity index (χ4n) is 1.73. The maximum atomic E-state index is 5.74. The van der Waals surface area contributed by atoms with Gasteiger partial charge in [-0.25, -0.2) is 0 Å². The second-order valence-electron chi connectivity index (χ2n) is 4.28. The Balaban J connectivity index is 1.96. The Bertz CT molecular complexity index is 576. The zero-order chi connectivity index (χ0) is 14.4. The Hall–Kier alpha value is -2.07. The smallest absolute Gasteiger partial charge is 0.119 e. The highest BCUT2D eigenvalue weighted by atomic mass is 32.2. The van der Waals surface area contributed by atoms with Crippen LogP contribution in [0, 0.1) is 0 Å². The van der Waals surface area contributed by atoms with Crippen LogP contribution in [-0.2, 0) is 6.61 Å². The summed E-state index contributed by atoms with van der Waals surface area (Å²) in [5.41, 5.74) is 13.7. The fourth-order valence-corrected chi connectivity index (χ4v) is 2.14. The van der Waals surface area contributed by atoms with Crippen molar-refractivity contribution in [2.75, 3.05) is 6.26 Å². The molecule has 0 bridgehead atoms. The molecule has 0 spiro atoms. The molecule has 0 saturated carbocycles. The molecule has 0 aliphatic rings. The lowest BCUT2D eigenvalue weighted by atomic mass is 10.1. The second-order valence-corrected chi connectivity index (χ2v) is 5.16. The van der Waals surface area contributed by atoms with Gasteiger partial charge in [0.2, 0.25) is 0 Å². The number of thioether (sulfide) groups is 1. The summed E-state index contributed by atoms with van der Waals surface area (Å²) in [4.78, 5) is 1.25. The van der Waals surface area contributed by atoms with E-state index in [0.29, 0.717) is 12.3 Å².